The van der Waals surface area contributed by atoms with Crippen LogP contribution in [-0.4, -0.2) is 29.1 Å². The first kappa shape index (κ1) is 9.90. The Morgan fingerprint density at radius 2 is 2.18 bits per heavy atom. The Bertz CT molecular complexity index is 201. The normalized spacial score (nSPS) is 10.9. The molecule has 62 valence electrons. The molecule has 0 aliphatic rings. The van der Waals surface area contributed by atoms with Gasteiger partial charge in [-0.1, -0.05) is 16.8 Å². The molecule has 0 aliphatic heterocycles. The minimum absolute atomic E-state index is 0.463. The van der Waals surface area contributed by atoms with Gasteiger partial charge >= 0.3 is 5.97 Å². The standard InChI is InChI=1S/C5H6ClNO4/c1-11-7-5(6)3(8)2-4(9)10/h2H2,1H3,(H,9,10). The fourth-order valence-corrected chi connectivity index (χ4v) is 0.477. The zero-order chi connectivity index (χ0) is 8.85. The van der Waals surface area contributed by atoms with Crippen molar-refractivity contribution >= 4 is 28.5 Å². The summed E-state index contributed by atoms with van der Waals surface area (Å²) >= 11 is 5.19. The average molecular weight is 180 g/mol. The first-order valence-electron chi connectivity index (χ1n) is 2.59. The number of carbonyl (C=O) groups is 2. The summed E-state index contributed by atoms with van der Waals surface area (Å²) in [6.45, 7) is 0. The maximum absolute atomic E-state index is 10.6. The topological polar surface area (TPSA) is 76.0 Å². The van der Waals surface area contributed by atoms with Crippen LogP contribution in [0.25, 0.3) is 0 Å². The first-order valence-corrected chi connectivity index (χ1v) is 2.97. The van der Waals surface area contributed by atoms with Gasteiger partial charge in [0, 0.05) is 0 Å². The predicted octanol–water partition coefficient (Wildman–Crippen LogP) is 0.229. The van der Waals surface area contributed by atoms with Gasteiger partial charge in [0.15, 0.2) is 0 Å². The van der Waals surface area contributed by atoms with Crippen LogP contribution in [0.3, 0.4) is 0 Å². The zero-order valence-electron chi connectivity index (χ0n) is 5.70. The molecule has 0 fully saturated rings. The molecule has 1 N–H and O–H groups in total. The van der Waals surface area contributed by atoms with Crippen LogP contribution in [0, 0.1) is 0 Å². The molecule has 0 radical (unpaired) electrons. The van der Waals surface area contributed by atoms with Crippen LogP contribution >= 0.6 is 11.6 Å². The van der Waals surface area contributed by atoms with Gasteiger partial charge in [-0.3, -0.25) is 9.59 Å². The molecule has 0 spiro atoms. The van der Waals surface area contributed by atoms with Gasteiger partial charge in [-0.2, -0.15) is 0 Å². The van der Waals surface area contributed by atoms with E-state index in [9.17, 15) is 9.59 Å². The maximum Gasteiger partial charge on any atom is 0.311 e. The highest BCUT2D eigenvalue weighted by molar-refractivity contribution is 6.83. The highest BCUT2D eigenvalue weighted by Gasteiger charge is 2.13. The quantitative estimate of drug-likeness (QED) is 0.381. The lowest BCUT2D eigenvalue weighted by molar-refractivity contribution is -0.138. The summed E-state index contributed by atoms with van der Waals surface area (Å²) in [4.78, 5) is 24.7. The minimum Gasteiger partial charge on any atom is -0.481 e. The third-order valence-corrected chi connectivity index (χ3v) is 0.993. The predicted molar refractivity (Wildman–Crippen MR) is 37.6 cm³/mol. The number of ketones is 1. The number of carboxylic acid groups (broad SMARTS) is 1. The molecule has 0 amide bonds. The van der Waals surface area contributed by atoms with Gasteiger partial charge in [0.1, 0.15) is 13.5 Å². The largest absolute Gasteiger partial charge is 0.481 e. The molecule has 0 bridgehead atoms. The lowest BCUT2D eigenvalue weighted by atomic mass is 10.3. The van der Waals surface area contributed by atoms with Crippen molar-refractivity contribution in [3.8, 4) is 0 Å². The van der Waals surface area contributed by atoms with E-state index in [0.717, 1.165) is 0 Å². The van der Waals surface area contributed by atoms with Crippen molar-refractivity contribution in [2.45, 2.75) is 6.42 Å². The summed E-state index contributed by atoms with van der Waals surface area (Å²) in [5.74, 6) is -2.03. The van der Waals surface area contributed by atoms with Crippen molar-refractivity contribution in [3.63, 3.8) is 0 Å². The number of hydrogen-bond acceptors (Lipinski definition) is 4. The molecule has 0 aromatic heterocycles. The fourth-order valence-electron chi connectivity index (χ4n) is 0.341. The number of halogens is 1. The molecule has 0 unspecified atom stereocenters. The summed E-state index contributed by atoms with van der Waals surface area (Å²) in [5.41, 5.74) is 0. The summed E-state index contributed by atoms with van der Waals surface area (Å²) in [5, 5.41) is 10.7. The van der Waals surface area contributed by atoms with Gasteiger partial charge in [-0.05, 0) is 0 Å². The Labute approximate surface area is 67.6 Å². The number of aliphatic carboxylic acids is 1. The van der Waals surface area contributed by atoms with Crippen LogP contribution in [0.5, 0.6) is 0 Å². The van der Waals surface area contributed by atoms with Gasteiger partial charge in [-0.15, -0.1) is 0 Å². The van der Waals surface area contributed by atoms with E-state index in [1.807, 2.05) is 0 Å². The van der Waals surface area contributed by atoms with E-state index in [1.54, 1.807) is 0 Å². The Balaban J connectivity index is 4.03. The van der Waals surface area contributed by atoms with Crippen molar-refractivity contribution in [1.29, 1.82) is 0 Å². The maximum atomic E-state index is 10.6. The number of oxime groups is 1. The highest BCUT2D eigenvalue weighted by atomic mass is 35.5. The number of carboxylic acids is 1. The van der Waals surface area contributed by atoms with Gasteiger partial charge in [0.05, 0.1) is 0 Å². The second-order valence-corrected chi connectivity index (χ2v) is 1.92. The fraction of sp³-hybridized carbons (Fsp3) is 0.400. The molecule has 5 nitrogen and oxygen atoms in total. The number of rotatable bonds is 4. The SMILES string of the molecule is CON=C(Cl)C(=O)CC(=O)O. The number of nitrogens with zero attached hydrogens (tertiary/aromatic N) is 1. The Morgan fingerprint density at radius 3 is 2.55 bits per heavy atom. The molecule has 0 aromatic rings. The second kappa shape index (κ2) is 4.68. The van der Waals surface area contributed by atoms with Crippen LogP contribution in [0.1, 0.15) is 6.42 Å². The van der Waals surface area contributed by atoms with Crippen molar-refractivity contribution in [1.82, 2.24) is 0 Å². The zero-order valence-corrected chi connectivity index (χ0v) is 6.46. The van der Waals surface area contributed by atoms with Crippen molar-refractivity contribution in [2.75, 3.05) is 7.11 Å². The Hall–Kier alpha value is -1.10. The van der Waals surface area contributed by atoms with E-state index in [1.165, 1.54) is 7.11 Å². The average Bonchev–Trinajstić information content (AvgIpc) is 1.86. The van der Waals surface area contributed by atoms with E-state index in [4.69, 9.17) is 16.7 Å². The third kappa shape index (κ3) is 4.32. The molecule has 0 atom stereocenters. The van der Waals surface area contributed by atoms with Crippen molar-refractivity contribution in [2.24, 2.45) is 5.16 Å². The third-order valence-electron chi connectivity index (χ3n) is 0.713. The van der Waals surface area contributed by atoms with Gasteiger partial charge in [0.25, 0.3) is 0 Å². The summed E-state index contributed by atoms with van der Waals surface area (Å²) in [7, 11) is 1.20. The molecule has 0 aliphatic carbocycles. The highest BCUT2D eigenvalue weighted by Crippen LogP contribution is 1.93. The molecule has 0 aromatic carbocycles. The number of Topliss-reactive ketones (excluding diaryl/α,β-unsaturated/α-hetero) is 1. The van der Waals surface area contributed by atoms with Crippen molar-refractivity contribution < 1.29 is 19.5 Å². The van der Waals surface area contributed by atoms with Crippen LogP contribution in [0.4, 0.5) is 0 Å². The Kier molecular flexibility index (Phi) is 4.21. The van der Waals surface area contributed by atoms with E-state index >= 15 is 0 Å². The molecule has 6 heteroatoms. The molecule has 11 heavy (non-hydrogen) atoms. The van der Waals surface area contributed by atoms with Crippen LogP contribution < -0.4 is 0 Å². The monoisotopic (exact) mass is 179 g/mol. The van der Waals surface area contributed by atoms with Gasteiger partial charge in [0.2, 0.25) is 11.0 Å². The van der Waals surface area contributed by atoms with Crippen LogP contribution in [-0.2, 0) is 14.4 Å². The number of hydrogen-bond donors (Lipinski definition) is 1. The molecule has 0 heterocycles. The second-order valence-electron chi connectivity index (χ2n) is 1.56. The van der Waals surface area contributed by atoms with Crippen LogP contribution in [0.2, 0.25) is 0 Å². The van der Waals surface area contributed by atoms with E-state index in [0.29, 0.717) is 0 Å². The Morgan fingerprint density at radius 1 is 1.64 bits per heavy atom. The molecule has 0 saturated carbocycles. The first-order chi connectivity index (χ1) is 5.07. The van der Waals surface area contributed by atoms with Gasteiger partial charge in [-0.25, -0.2) is 0 Å². The van der Waals surface area contributed by atoms with Gasteiger partial charge < -0.3 is 9.94 Å². The summed E-state index contributed by atoms with van der Waals surface area (Å²) in [6.07, 6.45) is -0.675. The molecular weight excluding hydrogens is 174 g/mol. The molecule has 0 saturated heterocycles. The minimum atomic E-state index is -1.25. The smallest absolute Gasteiger partial charge is 0.311 e. The lowest BCUT2D eigenvalue weighted by Crippen LogP contribution is -2.13. The van der Waals surface area contributed by atoms with E-state index in [2.05, 4.69) is 9.99 Å². The number of carbonyl (C=O) groups excluding carboxylic acids is 1. The van der Waals surface area contributed by atoms with Crippen molar-refractivity contribution in [3.05, 3.63) is 0 Å². The molecule has 0 rings (SSSR count). The summed E-state index contributed by atoms with van der Waals surface area (Å²) < 4.78 is 0. The molecular formula is C5H6ClNO4. The van der Waals surface area contributed by atoms with Crippen LogP contribution in [0.15, 0.2) is 5.16 Å². The van der Waals surface area contributed by atoms with E-state index < -0.39 is 23.3 Å². The van der Waals surface area contributed by atoms with E-state index in [-0.39, 0.29) is 0 Å². The summed E-state index contributed by atoms with van der Waals surface area (Å²) in [6, 6.07) is 0. The lowest BCUT2D eigenvalue weighted by Gasteiger charge is -1.91.